The Labute approximate surface area is 98.2 Å². The Kier molecular flexibility index (Phi) is 3.42. The molecule has 0 aromatic rings. The summed E-state index contributed by atoms with van der Waals surface area (Å²) in [5, 5.41) is 0. The molecule has 1 aliphatic heterocycles. The maximum atomic E-state index is 12.3. The zero-order valence-corrected chi connectivity index (χ0v) is 9.45. The molecule has 3 nitrogen and oxygen atoms in total. The summed E-state index contributed by atoms with van der Waals surface area (Å²) in [7, 11) is 0. The molecule has 0 aromatic carbocycles. The Morgan fingerprint density at radius 1 is 1.47 bits per heavy atom. The van der Waals surface area contributed by atoms with Crippen LogP contribution in [0.2, 0.25) is 0 Å². The predicted octanol–water partition coefficient (Wildman–Crippen LogP) is 1.90. The zero-order valence-electron chi connectivity index (χ0n) is 9.45. The quantitative estimate of drug-likeness (QED) is 0.824. The van der Waals surface area contributed by atoms with Crippen molar-refractivity contribution in [3.63, 3.8) is 0 Å². The monoisotopic (exact) mass is 247 g/mol. The molecular formula is C11H16F3N3. The summed E-state index contributed by atoms with van der Waals surface area (Å²) in [6, 6.07) is 0.109. The van der Waals surface area contributed by atoms with Crippen LogP contribution in [0, 0.1) is 5.92 Å². The van der Waals surface area contributed by atoms with Gasteiger partial charge in [-0.25, -0.2) is 4.99 Å². The van der Waals surface area contributed by atoms with E-state index < -0.39 is 11.9 Å². The van der Waals surface area contributed by atoms with Crippen LogP contribution in [0.15, 0.2) is 16.8 Å². The highest BCUT2D eigenvalue weighted by atomic mass is 19.4. The van der Waals surface area contributed by atoms with Crippen LogP contribution in [-0.2, 0) is 0 Å². The number of nitrogens with zero attached hydrogens (tertiary/aromatic N) is 2. The van der Waals surface area contributed by atoms with Gasteiger partial charge in [0.2, 0.25) is 0 Å². The third kappa shape index (κ3) is 3.21. The van der Waals surface area contributed by atoms with Crippen molar-refractivity contribution in [2.45, 2.75) is 31.5 Å². The maximum Gasteiger partial charge on any atom is 0.433 e. The number of aliphatic imine (C=N–C) groups is 1. The van der Waals surface area contributed by atoms with Gasteiger partial charge in [-0.1, -0.05) is 12.8 Å². The van der Waals surface area contributed by atoms with E-state index in [-0.39, 0.29) is 12.6 Å². The fourth-order valence-electron chi connectivity index (χ4n) is 1.97. The Morgan fingerprint density at radius 3 is 2.59 bits per heavy atom. The van der Waals surface area contributed by atoms with Crippen molar-refractivity contribution in [2.24, 2.45) is 16.6 Å². The second-order valence-electron chi connectivity index (χ2n) is 4.60. The van der Waals surface area contributed by atoms with E-state index in [1.165, 1.54) is 19.2 Å². The maximum absolute atomic E-state index is 12.3. The predicted molar refractivity (Wildman–Crippen MR) is 59.5 cm³/mol. The number of allylic oxidation sites excluding steroid dienone is 1. The van der Waals surface area contributed by atoms with E-state index in [9.17, 15) is 13.2 Å². The van der Waals surface area contributed by atoms with Gasteiger partial charge in [0, 0.05) is 19.1 Å². The van der Waals surface area contributed by atoms with Crippen LogP contribution >= 0.6 is 0 Å². The van der Waals surface area contributed by atoms with Crippen LogP contribution in [0.4, 0.5) is 13.2 Å². The summed E-state index contributed by atoms with van der Waals surface area (Å²) in [6.07, 6.45) is 1.43. The molecule has 1 unspecified atom stereocenters. The van der Waals surface area contributed by atoms with Crippen molar-refractivity contribution in [3.8, 4) is 0 Å². The summed E-state index contributed by atoms with van der Waals surface area (Å²) in [5.74, 6) is 0.699. The molecule has 1 atom stereocenters. The summed E-state index contributed by atoms with van der Waals surface area (Å²) in [4.78, 5) is 5.26. The Bertz CT molecular complexity index is 331. The van der Waals surface area contributed by atoms with E-state index in [0.29, 0.717) is 12.5 Å². The average molecular weight is 247 g/mol. The van der Waals surface area contributed by atoms with Gasteiger partial charge < -0.3 is 10.6 Å². The third-order valence-corrected chi connectivity index (χ3v) is 3.17. The largest absolute Gasteiger partial charge is 0.433 e. The summed E-state index contributed by atoms with van der Waals surface area (Å²) < 4.78 is 37.0. The number of rotatable bonds is 4. The Balaban J connectivity index is 1.93. The van der Waals surface area contributed by atoms with Gasteiger partial charge in [0.1, 0.15) is 5.70 Å². The van der Waals surface area contributed by atoms with Crippen molar-refractivity contribution in [3.05, 3.63) is 11.8 Å². The van der Waals surface area contributed by atoms with Crippen molar-refractivity contribution in [2.75, 3.05) is 13.1 Å². The summed E-state index contributed by atoms with van der Waals surface area (Å²) in [6.45, 7) is 0.699. The first-order chi connectivity index (χ1) is 8.00. The highest BCUT2D eigenvalue weighted by Crippen LogP contribution is 2.35. The lowest BCUT2D eigenvalue weighted by Crippen LogP contribution is -2.41. The minimum atomic E-state index is -4.35. The lowest BCUT2D eigenvalue weighted by atomic mass is 10.1. The summed E-state index contributed by atoms with van der Waals surface area (Å²) >= 11 is 0. The number of halogens is 3. The van der Waals surface area contributed by atoms with Crippen molar-refractivity contribution >= 4 is 6.34 Å². The SMILES string of the molecule is NCC(CC1CC1)N1C=NC(C(F)(F)F)=CC1. The van der Waals surface area contributed by atoms with Crippen molar-refractivity contribution < 1.29 is 13.2 Å². The third-order valence-electron chi connectivity index (χ3n) is 3.17. The normalized spacial score (nSPS) is 22.6. The molecule has 0 bridgehead atoms. The van der Waals surface area contributed by atoms with Crippen LogP contribution in [0.3, 0.4) is 0 Å². The van der Waals surface area contributed by atoms with Gasteiger partial charge in [-0.15, -0.1) is 0 Å². The molecule has 17 heavy (non-hydrogen) atoms. The van der Waals surface area contributed by atoms with Crippen LogP contribution < -0.4 is 5.73 Å². The van der Waals surface area contributed by atoms with Gasteiger partial charge in [-0.3, -0.25) is 0 Å². The molecule has 1 heterocycles. The zero-order chi connectivity index (χ0) is 12.5. The molecule has 96 valence electrons. The van der Waals surface area contributed by atoms with Gasteiger partial charge in [0.25, 0.3) is 0 Å². The molecule has 0 radical (unpaired) electrons. The molecule has 6 heteroatoms. The smallest absolute Gasteiger partial charge is 0.355 e. The number of nitrogens with two attached hydrogens (primary N) is 1. The standard InChI is InChI=1S/C11H16F3N3/c12-11(13,14)10-3-4-17(7-16-10)9(6-15)5-8-1-2-8/h3,7-9H,1-2,4-6,15H2. The molecular weight excluding hydrogens is 231 g/mol. The van der Waals surface area contributed by atoms with E-state index in [1.54, 1.807) is 4.90 Å². The van der Waals surface area contributed by atoms with Crippen LogP contribution in [0.1, 0.15) is 19.3 Å². The molecule has 2 rings (SSSR count). The second kappa shape index (κ2) is 4.68. The van der Waals surface area contributed by atoms with E-state index in [1.807, 2.05) is 0 Å². The topological polar surface area (TPSA) is 41.6 Å². The molecule has 1 fully saturated rings. The van der Waals surface area contributed by atoms with Crippen LogP contribution in [0.5, 0.6) is 0 Å². The molecule has 0 amide bonds. The molecule has 1 saturated carbocycles. The van der Waals surface area contributed by atoms with E-state index >= 15 is 0 Å². The van der Waals surface area contributed by atoms with Gasteiger partial charge >= 0.3 is 6.18 Å². The fraction of sp³-hybridized carbons (Fsp3) is 0.727. The first-order valence-electron chi connectivity index (χ1n) is 5.78. The van der Waals surface area contributed by atoms with Gasteiger partial charge in [0.15, 0.2) is 0 Å². The highest BCUT2D eigenvalue weighted by molar-refractivity contribution is 5.59. The lowest BCUT2D eigenvalue weighted by Gasteiger charge is -2.30. The molecule has 0 spiro atoms. The van der Waals surface area contributed by atoms with Gasteiger partial charge in [-0.05, 0) is 18.4 Å². The molecule has 2 N–H and O–H groups in total. The lowest BCUT2D eigenvalue weighted by molar-refractivity contribution is -0.0930. The van der Waals surface area contributed by atoms with E-state index in [2.05, 4.69) is 4.99 Å². The number of hydrogen-bond donors (Lipinski definition) is 1. The van der Waals surface area contributed by atoms with Crippen molar-refractivity contribution in [1.82, 2.24) is 4.90 Å². The van der Waals surface area contributed by atoms with Crippen molar-refractivity contribution in [1.29, 1.82) is 0 Å². The minimum Gasteiger partial charge on any atom is -0.355 e. The minimum absolute atomic E-state index is 0.109. The number of alkyl halides is 3. The second-order valence-corrected chi connectivity index (χ2v) is 4.60. The first kappa shape index (κ1) is 12.4. The Hall–Kier alpha value is -1.04. The molecule has 0 aromatic heterocycles. The Morgan fingerprint density at radius 2 is 2.18 bits per heavy atom. The first-order valence-corrected chi connectivity index (χ1v) is 5.78. The van der Waals surface area contributed by atoms with E-state index in [0.717, 1.165) is 12.5 Å². The van der Waals surface area contributed by atoms with Gasteiger partial charge in [-0.2, -0.15) is 13.2 Å². The van der Waals surface area contributed by atoms with Gasteiger partial charge in [0.05, 0.1) is 6.34 Å². The average Bonchev–Trinajstić information content (AvgIpc) is 3.09. The molecule has 1 aliphatic carbocycles. The fourth-order valence-corrected chi connectivity index (χ4v) is 1.97. The highest BCUT2D eigenvalue weighted by Gasteiger charge is 2.35. The molecule has 2 aliphatic rings. The molecule has 0 saturated heterocycles. The summed E-state index contributed by atoms with van der Waals surface area (Å²) in [5.41, 5.74) is 4.84. The number of hydrogen-bond acceptors (Lipinski definition) is 3. The van der Waals surface area contributed by atoms with Crippen LogP contribution in [-0.4, -0.2) is 36.5 Å². The van der Waals surface area contributed by atoms with E-state index in [4.69, 9.17) is 5.73 Å². The van der Waals surface area contributed by atoms with Crippen LogP contribution in [0.25, 0.3) is 0 Å².